The summed E-state index contributed by atoms with van der Waals surface area (Å²) in [5, 5.41) is 12.6. The topological polar surface area (TPSA) is 80.9 Å². The molecule has 1 atom stereocenters. The van der Waals surface area contributed by atoms with Gasteiger partial charge in [0.25, 0.3) is 5.91 Å². The molecular formula is C16H19NO5. The lowest BCUT2D eigenvalue weighted by molar-refractivity contribution is 0.0935. The van der Waals surface area contributed by atoms with Crippen molar-refractivity contribution in [3.05, 3.63) is 47.9 Å². The van der Waals surface area contributed by atoms with Crippen LogP contribution in [0.3, 0.4) is 0 Å². The SMILES string of the molecule is COc1ccc(C(=O)NCC[C@@H](O)c2ccco2)cc1OC. The minimum Gasteiger partial charge on any atom is -0.493 e. The van der Waals surface area contributed by atoms with Gasteiger partial charge in [0.2, 0.25) is 0 Å². The number of aliphatic hydroxyl groups is 1. The van der Waals surface area contributed by atoms with Crippen LogP contribution < -0.4 is 14.8 Å². The molecule has 1 amide bonds. The van der Waals surface area contributed by atoms with Gasteiger partial charge in [0, 0.05) is 12.1 Å². The van der Waals surface area contributed by atoms with E-state index in [1.54, 1.807) is 30.3 Å². The third-order valence-electron chi connectivity index (χ3n) is 3.22. The lowest BCUT2D eigenvalue weighted by atomic mass is 10.1. The fraction of sp³-hybridized carbons (Fsp3) is 0.312. The maximum atomic E-state index is 12.1. The number of ether oxygens (including phenoxy) is 2. The highest BCUT2D eigenvalue weighted by Gasteiger charge is 2.13. The van der Waals surface area contributed by atoms with Gasteiger partial charge >= 0.3 is 0 Å². The fourth-order valence-corrected chi connectivity index (χ4v) is 2.03. The average molecular weight is 305 g/mol. The van der Waals surface area contributed by atoms with E-state index in [1.807, 2.05) is 0 Å². The second-order valence-corrected chi connectivity index (χ2v) is 4.65. The van der Waals surface area contributed by atoms with Crippen LogP contribution in [0.25, 0.3) is 0 Å². The molecule has 0 fully saturated rings. The first-order valence-electron chi connectivity index (χ1n) is 6.87. The van der Waals surface area contributed by atoms with Crippen molar-refractivity contribution < 1.29 is 23.8 Å². The molecule has 0 radical (unpaired) electrons. The van der Waals surface area contributed by atoms with Gasteiger partial charge in [-0.05, 0) is 36.8 Å². The van der Waals surface area contributed by atoms with E-state index >= 15 is 0 Å². The summed E-state index contributed by atoms with van der Waals surface area (Å²) >= 11 is 0. The molecule has 0 aliphatic rings. The summed E-state index contributed by atoms with van der Waals surface area (Å²) in [4.78, 5) is 12.1. The summed E-state index contributed by atoms with van der Waals surface area (Å²) in [6.07, 6.45) is 1.13. The molecule has 22 heavy (non-hydrogen) atoms. The molecule has 2 rings (SSSR count). The van der Waals surface area contributed by atoms with E-state index in [0.29, 0.717) is 35.8 Å². The number of furan rings is 1. The van der Waals surface area contributed by atoms with Gasteiger partial charge in [0.15, 0.2) is 11.5 Å². The second-order valence-electron chi connectivity index (χ2n) is 4.65. The van der Waals surface area contributed by atoms with Crippen LogP contribution in [0.15, 0.2) is 41.0 Å². The predicted molar refractivity (Wildman–Crippen MR) is 80.2 cm³/mol. The Hall–Kier alpha value is -2.47. The number of hydrogen-bond acceptors (Lipinski definition) is 5. The van der Waals surface area contributed by atoms with Gasteiger partial charge in [0.05, 0.1) is 20.5 Å². The number of carbonyl (C=O) groups excluding carboxylic acids is 1. The quantitative estimate of drug-likeness (QED) is 0.819. The molecule has 2 aromatic rings. The number of aliphatic hydroxyl groups excluding tert-OH is 1. The van der Waals surface area contributed by atoms with Crippen molar-refractivity contribution in [2.24, 2.45) is 0 Å². The Morgan fingerprint density at radius 1 is 1.27 bits per heavy atom. The fourth-order valence-electron chi connectivity index (χ4n) is 2.03. The standard InChI is InChI=1S/C16H19NO5/c1-20-14-6-5-11(10-15(14)21-2)16(19)17-8-7-12(18)13-4-3-9-22-13/h3-6,9-10,12,18H,7-8H2,1-2H3,(H,17,19)/t12-/m1/s1. The largest absolute Gasteiger partial charge is 0.493 e. The van der Waals surface area contributed by atoms with Crippen molar-refractivity contribution in [1.82, 2.24) is 5.32 Å². The Balaban J connectivity index is 1.89. The van der Waals surface area contributed by atoms with E-state index < -0.39 is 6.10 Å². The zero-order valence-corrected chi connectivity index (χ0v) is 12.5. The summed E-state index contributed by atoms with van der Waals surface area (Å²) < 4.78 is 15.4. The Morgan fingerprint density at radius 3 is 2.68 bits per heavy atom. The lowest BCUT2D eigenvalue weighted by Gasteiger charge is -2.11. The zero-order valence-electron chi connectivity index (χ0n) is 12.5. The summed E-state index contributed by atoms with van der Waals surface area (Å²) in [5.41, 5.74) is 0.463. The van der Waals surface area contributed by atoms with Crippen molar-refractivity contribution in [1.29, 1.82) is 0 Å². The number of nitrogens with one attached hydrogen (secondary N) is 1. The number of rotatable bonds is 7. The van der Waals surface area contributed by atoms with Crippen LogP contribution in [0.1, 0.15) is 28.6 Å². The molecule has 0 saturated carbocycles. The molecule has 0 bridgehead atoms. The third-order valence-corrected chi connectivity index (χ3v) is 3.22. The number of methoxy groups -OCH3 is 2. The molecular weight excluding hydrogens is 286 g/mol. The highest BCUT2D eigenvalue weighted by molar-refractivity contribution is 5.94. The molecule has 2 N–H and O–H groups in total. The Bertz CT molecular complexity index is 609. The van der Waals surface area contributed by atoms with Gasteiger partial charge < -0.3 is 24.3 Å². The highest BCUT2D eigenvalue weighted by atomic mass is 16.5. The molecule has 0 aliphatic carbocycles. The van der Waals surface area contributed by atoms with E-state index in [9.17, 15) is 9.90 Å². The Labute approximate surface area is 128 Å². The molecule has 0 saturated heterocycles. The molecule has 1 aromatic carbocycles. The van der Waals surface area contributed by atoms with Crippen molar-refractivity contribution in [2.75, 3.05) is 20.8 Å². The van der Waals surface area contributed by atoms with Crippen molar-refractivity contribution >= 4 is 5.91 Å². The highest BCUT2D eigenvalue weighted by Crippen LogP contribution is 2.27. The smallest absolute Gasteiger partial charge is 0.251 e. The lowest BCUT2D eigenvalue weighted by Crippen LogP contribution is -2.25. The first-order chi connectivity index (χ1) is 10.7. The predicted octanol–water partition coefficient (Wildman–Crippen LogP) is 2.15. The molecule has 0 spiro atoms. The van der Waals surface area contributed by atoms with Crippen LogP contribution in [0.4, 0.5) is 0 Å². The van der Waals surface area contributed by atoms with Gasteiger partial charge in [-0.1, -0.05) is 0 Å². The normalized spacial score (nSPS) is 11.8. The molecule has 0 aliphatic heterocycles. The van der Waals surface area contributed by atoms with Gasteiger partial charge in [-0.15, -0.1) is 0 Å². The van der Waals surface area contributed by atoms with Gasteiger partial charge in [-0.2, -0.15) is 0 Å². The second kappa shape index (κ2) is 7.51. The minimum atomic E-state index is -0.735. The van der Waals surface area contributed by atoms with Crippen molar-refractivity contribution in [3.63, 3.8) is 0 Å². The maximum Gasteiger partial charge on any atom is 0.251 e. The van der Waals surface area contributed by atoms with E-state index in [2.05, 4.69) is 5.32 Å². The number of hydrogen-bond donors (Lipinski definition) is 2. The summed E-state index contributed by atoms with van der Waals surface area (Å²) in [7, 11) is 3.05. The first kappa shape index (κ1) is 15.9. The monoisotopic (exact) mass is 305 g/mol. The average Bonchev–Trinajstić information content (AvgIpc) is 3.08. The summed E-state index contributed by atoms with van der Waals surface area (Å²) in [5.74, 6) is 1.30. The Morgan fingerprint density at radius 2 is 2.05 bits per heavy atom. The molecule has 1 aromatic heterocycles. The van der Waals surface area contributed by atoms with Crippen molar-refractivity contribution in [3.8, 4) is 11.5 Å². The molecule has 0 unspecified atom stereocenters. The van der Waals surface area contributed by atoms with Crippen LogP contribution in [0, 0.1) is 0 Å². The summed E-state index contributed by atoms with van der Waals surface area (Å²) in [6, 6.07) is 8.34. The molecule has 6 heteroatoms. The minimum absolute atomic E-state index is 0.243. The molecule has 6 nitrogen and oxygen atoms in total. The maximum absolute atomic E-state index is 12.1. The van der Waals surface area contributed by atoms with Crippen LogP contribution >= 0.6 is 0 Å². The van der Waals surface area contributed by atoms with E-state index in [-0.39, 0.29) is 5.91 Å². The van der Waals surface area contributed by atoms with E-state index in [1.165, 1.54) is 20.5 Å². The summed E-state index contributed by atoms with van der Waals surface area (Å²) in [6.45, 7) is 0.328. The van der Waals surface area contributed by atoms with Crippen molar-refractivity contribution in [2.45, 2.75) is 12.5 Å². The van der Waals surface area contributed by atoms with Crippen LogP contribution in [-0.4, -0.2) is 31.8 Å². The molecule has 1 heterocycles. The molecule has 118 valence electrons. The van der Waals surface area contributed by atoms with Crippen LogP contribution in [-0.2, 0) is 0 Å². The van der Waals surface area contributed by atoms with Gasteiger partial charge in [-0.25, -0.2) is 0 Å². The van der Waals surface area contributed by atoms with Crippen LogP contribution in [0.2, 0.25) is 0 Å². The van der Waals surface area contributed by atoms with E-state index in [4.69, 9.17) is 13.9 Å². The van der Waals surface area contributed by atoms with E-state index in [0.717, 1.165) is 0 Å². The number of benzene rings is 1. The first-order valence-corrected chi connectivity index (χ1v) is 6.87. The van der Waals surface area contributed by atoms with Crippen LogP contribution in [0.5, 0.6) is 11.5 Å². The van der Waals surface area contributed by atoms with Gasteiger partial charge in [0.1, 0.15) is 11.9 Å². The third kappa shape index (κ3) is 3.79. The Kier molecular flexibility index (Phi) is 5.43. The number of carbonyl (C=O) groups is 1. The zero-order chi connectivity index (χ0) is 15.9. The van der Waals surface area contributed by atoms with Gasteiger partial charge in [-0.3, -0.25) is 4.79 Å². The number of amides is 1.